The van der Waals surface area contributed by atoms with E-state index in [2.05, 4.69) is 12.6 Å². The molecule has 0 atom stereocenters. The average Bonchev–Trinajstić information content (AvgIpc) is 2.03. The van der Waals surface area contributed by atoms with Crippen LogP contribution in [0.25, 0.3) is 0 Å². The van der Waals surface area contributed by atoms with Crippen molar-refractivity contribution in [1.29, 1.82) is 0 Å². The minimum absolute atomic E-state index is 0.0564. The summed E-state index contributed by atoms with van der Waals surface area (Å²) >= 11 is 4.11. The van der Waals surface area contributed by atoms with Crippen molar-refractivity contribution in [2.24, 2.45) is 0 Å². The van der Waals surface area contributed by atoms with Crippen molar-refractivity contribution in [3.63, 3.8) is 0 Å². The largest absolute Gasteiger partial charge is 0.353 e. The molecule has 1 saturated heterocycles. The quantitative estimate of drug-likeness (QED) is 0.633. The summed E-state index contributed by atoms with van der Waals surface area (Å²) in [5.74, 6) is 0.920. The van der Waals surface area contributed by atoms with Crippen LogP contribution in [-0.2, 0) is 9.47 Å². The minimum Gasteiger partial charge on any atom is -0.353 e. The van der Waals surface area contributed by atoms with Crippen LogP contribution in [0.2, 0.25) is 0 Å². The molecule has 2 nitrogen and oxygen atoms in total. The molecule has 1 aliphatic heterocycles. The van der Waals surface area contributed by atoms with Crippen molar-refractivity contribution in [2.45, 2.75) is 25.6 Å². The number of ether oxygens (including phenoxy) is 2. The van der Waals surface area contributed by atoms with Crippen LogP contribution in [-0.4, -0.2) is 25.3 Å². The van der Waals surface area contributed by atoms with E-state index in [1.165, 1.54) is 0 Å². The molecule has 3 heteroatoms. The Morgan fingerprint density at radius 3 is 2.60 bits per heavy atom. The van der Waals surface area contributed by atoms with E-state index in [-0.39, 0.29) is 6.29 Å². The highest BCUT2D eigenvalue weighted by atomic mass is 32.1. The van der Waals surface area contributed by atoms with E-state index in [0.29, 0.717) is 0 Å². The van der Waals surface area contributed by atoms with Crippen molar-refractivity contribution < 1.29 is 9.47 Å². The summed E-state index contributed by atoms with van der Waals surface area (Å²) in [5, 5.41) is 0. The van der Waals surface area contributed by atoms with Crippen LogP contribution in [0.1, 0.15) is 19.3 Å². The van der Waals surface area contributed by atoms with Gasteiger partial charge in [0.25, 0.3) is 0 Å². The van der Waals surface area contributed by atoms with Gasteiger partial charge in [-0.05, 0) is 25.0 Å². The Balaban J connectivity index is 2.02. The maximum absolute atomic E-state index is 5.32. The zero-order valence-electron chi connectivity index (χ0n) is 6.08. The molecule has 0 unspecified atom stereocenters. The SMILES string of the molecule is SCCCC1OCCCO1. The lowest BCUT2D eigenvalue weighted by Gasteiger charge is -2.22. The lowest BCUT2D eigenvalue weighted by atomic mass is 10.3. The first-order chi connectivity index (χ1) is 4.93. The summed E-state index contributed by atoms with van der Waals surface area (Å²) in [6.07, 6.45) is 3.16. The second kappa shape index (κ2) is 4.99. The summed E-state index contributed by atoms with van der Waals surface area (Å²) in [6.45, 7) is 1.72. The second-order valence-corrected chi connectivity index (χ2v) is 2.84. The molecule has 0 saturated carbocycles. The monoisotopic (exact) mass is 162 g/mol. The van der Waals surface area contributed by atoms with Crippen molar-refractivity contribution >= 4 is 12.6 Å². The highest BCUT2D eigenvalue weighted by Gasteiger charge is 2.12. The molecule has 1 heterocycles. The molecule has 1 rings (SSSR count). The van der Waals surface area contributed by atoms with Gasteiger partial charge in [0, 0.05) is 0 Å². The summed E-state index contributed by atoms with van der Waals surface area (Å²) < 4.78 is 10.6. The Labute approximate surface area is 67.3 Å². The van der Waals surface area contributed by atoms with Gasteiger partial charge in [0.05, 0.1) is 13.2 Å². The van der Waals surface area contributed by atoms with Gasteiger partial charge in [-0.2, -0.15) is 12.6 Å². The smallest absolute Gasteiger partial charge is 0.157 e. The predicted molar refractivity (Wildman–Crippen MR) is 43.4 cm³/mol. The Kier molecular flexibility index (Phi) is 4.18. The van der Waals surface area contributed by atoms with Gasteiger partial charge in [-0.1, -0.05) is 0 Å². The first-order valence-corrected chi connectivity index (χ1v) is 4.41. The molecule has 0 radical (unpaired) electrons. The number of rotatable bonds is 3. The third-order valence-electron chi connectivity index (χ3n) is 1.49. The molecule has 10 heavy (non-hydrogen) atoms. The van der Waals surface area contributed by atoms with Gasteiger partial charge in [0.2, 0.25) is 0 Å². The van der Waals surface area contributed by atoms with E-state index in [4.69, 9.17) is 9.47 Å². The molecular weight excluding hydrogens is 148 g/mol. The zero-order chi connectivity index (χ0) is 7.23. The topological polar surface area (TPSA) is 18.5 Å². The van der Waals surface area contributed by atoms with Gasteiger partial charge in [-0.25, -0.2) is 0 Å². The molecule has 60 valence electrons. The second-order valence-electron chi connectivity index (χ2n) is 2.39. The Morgan fingerprint density at radius 2 is 2.00 bits per heavy atom. The summed E-state index contributed by atoms with van der Waals surface area (Å²) in [6, 6.07) is 0. The lowest BCUT2D eigenvalue weighted by Crippen LogP contribution is -2.24. The highest BCUT2D eigenvalue weighted by Crippen LogP contribution is 2.10. The summed E-state index contributed by atoms with van der Waals surface area (Å²) in [7, 11) is 0. The maximum atomic E-state index is 5.32. The molecule has 1 aliphatic rings. The molecule has 0 bridgehead atoms. The Bertz CT molecular complexity index is 81.7. The Morgan fingerprint density at radius 1 is 1.30 bits per heavy atom. The lowest BCUT2D eigenvalue weighted by molar-refractivity contribution is -0.181. The summed E-state index contributed by atoms with van der Waals surface area (Å²) in [4.78, 5) is 0. The summed E-state index contributed by atoms with van der Waals surface area (Å²) in [5.41, 5.74) is 0. The van der Waals surface area contributed by atoms with Gasteiger partial charge in [0.1, 0.15) is 0 Å². The normalized spacial score (nSPS) is 21.3. The highest BCUT2D eigenvalue weighted by molar-refractivity contribution is 7.80. The fourth-order valence-electron chi connectivity index (χ4n) is 0.961. The van der Waals surface area contributed by atoms with Crippen molar-refractivity contribution in [1.82, 2.24) is 0 Å². The van der Waals surface area contributed by atoms with Gasteiger partial charge >= 0.3 is 0 Å². The minimum atomic E-state index is 0.0564. The van der Waals surface area contributed by atoms with Crippen LogP contribution >= 0.6 is 12.6 Å². The molecule has 0 spiro atoms. The zero-order valence-corrected chi connectivity index (χ0v) is 6.98. The fraction of sp³-hybridized carbons (Fsp3) is 1.00. The maximum Gasteiger partial charge on any atom is 0.157 e. The third kappa shape index (κ3) is 2.90. The molecule has 0 aromatic rings. The van der Waals surface area contributed by atoms with Crippen molar-refractivity contribution in [3.05, 3.63) is 0 Å². The third-order valence-corrected chi connectivity index (χ3v) is 1.81. The molecule has 1 fully saturated rings. The Hall–Kier alpha value is 0.270. The van der Waals surface area contributed by atoms with Crippen LogP contribution in [0.5, 0.6) is 0 Å². The molecule has 0 N–H and O–H groups in total. The van der Waals surface area contributed by atoms with E-state index < -0.39 is 0 Å². The molecular formula is C7H14O2S. The van der Waals surface area contributed by atoms with Crippen LogP contribution < -0.4 is 0 Å². The van der Waals surface area contributed by atoms with E-state index in [1.54, 1.807) is 0 Å². The van der Waals surface area contributed by atoms with Gasteiger partial charge < -0.3 is 9.47 Å². The van der Waals surface area contributed by atoms with E-state index >= 15 is 0 Å². The van der Waals surface area contributed by atoms with Gasteiger partial charge in [0.15, 0.2) is 6.29 Å². The van der Waals surface area contributed by atoms with Crippen LogP contribution in [0.15, 0.2) is 0 Å². The van der Waals surface area contributed by atoms with Crippen molar-refractivity contribution in [2.75, 3.05) is 19.0 Å². The predicted octanol–water partition coefficient (Wildman–Crippen LogP) is 1.46. The first-order valence-electron chi connectivity index (χ1n) is 3.77. The average molecular weight is 162 g/mol. The van der Waals surface area contributed by atoms with Crippen LogP contribution in [0.3, 0.4) is 0 Å². The van der Waals surface area contributed by atoms with E-state index in [1.807, 2.05) is 0 Å². The number of thiol groups is 1. The number of hydrogen-bond acceptors (Lipinski definition) is 3. The van der Waals surface area contributed by atoms with Crippen LogP contribution in [0.4, 0.5) is 0 Å². The van der Waals surface area contributed by atoms with Crippen LogP contribution in [0, 0.1) is 0 Å². The first kappa shape index (κ1) is 8.37. The molecule has 0 aromatic carbocycles. The molecule has 0 aliphatic carbocycles. The molecule has 0 amide bonds. The van der Waals surface area contributed by atoms with Gasteiger partial charge in [-0.3, -0.25) is 0 Å². The van der Waals surface area contributed by atoms with Gasteiger partial charge in [-0.15, -0.1) is 0 Å². The fourth-order valence-corrected chi connectivity index (χ4v) is 1.14. The van der Waals surface area contributed by atoms with Crippen molar-refractivity contribution in [3.8, 4) is 0 Å². The standard InChI is InChI=1S/C7H14O2S/c10-6-1-3-7-8-4-2-5-9-7/h7,10H,1-6H2. The van der Waals surface area contributed by atoms with E-state index in [9.17, 15) is 0 Å². The molecule has 0 aromatic heterocycles. The van der Waals surface area contributed by atoms with E-state index in [0.717, 1.165) is 38.2 Å². The number of hydrogen-bond donors (Lipinski definition) is 1.